The molecular weight excluding hydrogens is 532 g/mol. The predicted molar refractivity (Wildman–Crippen MR) is 154 cm³/mol. The molecule has 0 aliphatic heterocycles. The lowest BCUT2D eigenvalue weighted by Gasteiger charge is -2.27. The summed E-state index contributed by atoms with van der Waals surface area (Å²) < 4.78 is 10.4. The highest BCUT2D eigenvalue weighted by Crippen LogP contribution is 2.10. The molecule has 8 N–H and O–H groups in total. The Balaban J connectivity index is 2.85. The third-order valence-corrected chi connectivity index (χ3v) is 5.53. The number of hydrogen-bond acceptors (Lipinski definition) is 9. The van der Waals surface area contributed by atoms with Crippen LogP contribution in [-0.2, 0) is 25.5 Å². The molecule has 1 rings (SSSR count). The highest BCUT2D eigenvalue weighted by Gasteiger charge is 2.29. The first kappa shape index (κ1) is 35.6. The molecule has 0 spiro atoms. The van der Waals surface area contributed by atoms with Crippen LogP contribution in [0.5, 0.6) is 0 Å². The number of carbonyl (C=O) groups excluding carboxylic acids is 4. The quantitative estimate of drug-likeness (QED) is 0.0740. The molecule has 13 nitrogen and oxygen atoms in total. The van der Waals surface area contributed by atoms with Crippen molar-refractivity contribution in [2.75, 3.05) is 6.54 Å². The molecule has 4 atom stereocenters. The number of aliphatic hydroxyl groups excluding tert-OH is 1. The summed E-state index contributed by atoms with van der Waals surface area (Å²) in [5.41, 5.74) is 1.69. The summed E-state index contributed by atoms with van der Waals surface area (Å²) in [6.45, 7) is 12.2. The minimum Gasteiger partial charge on any atom is -0.444 e. The number of hydrazine groups is 1. The molecule has 4 amide bonds. The number of carbonyl (C=O) groups is 4. The van der Waals surface area contributed by atoms with E-state index in [9.17, 15) is 24.3 Å². The maximum absolute atomic E-state index is 13.4. The van der Waals surface area contributed by atoms with Crippen molar-refractivity contribution in [3.8, 4) is 0 Å². The van der Waals surface area contributed by atoms with Crippen LogP contribution >= 0.6 is 0 Å². The second kappa shape index (κ2) is 16.7. The van der Waals surface area contributed by atoms with Gasteiger partial charge in [0.25, 0.3) is 0 Å². The molecule has 1 aromatic carbocycles. The van der Waals surface area contributed by atoms with Gasteiger partial charge in [-0.2, -0.15) is 0 Å². The fraction of sp³-hybridized carbons (Fsp3) is 0.643. The fourth-order valence-corrected chi connectivity index (χ4v) is 3.61. The third kappa shape index (κ3) is 15.8. The average molecular weight is 581 g/mol. The Kier molecular flexibility index (Phi) is 14.5. The lowest BCUT2D eigenvalue weighted by molar-refractivity contribution is -0.130. The van der Waals surface area contributed by atoms with E-state index in [0.29, 0.717) is 25.8 Å². The van der Waals surface area contributed by atoms with Crippen molar-refractivity contribution in [1.82, 2.24) is 26.7 Å². The summed E-state index contributed by atoms with van der Waals surface area (Å²) in [5.74, 6) is 4.31. The molecule has 0 radical (unpaired) electrons. The number of amides is 4. The fourth-order valence-electron chi connectivity index (χ4n) is 3.61. The molecule has 0 fully saturated rings. The third-order valence-electron chi connectivity index (χ3n) is 5.53. The van der Waals surface area contributed by atoms with E-state index in [4.69, 9.17) is 15.3 Å². The average Bonchev–Trinajstić information content (AvgIpc) is 2.85. The second-order valence-electron chi connectivity index (χ2n) is 11.8. The zero-order valence-electron chi connectivity index (χ0n) is 25.2. The highest BCUT2D eigenvalue weighted by atomic mass is 16.6. The Morgan fingerprint density at radius 1 is 0.854 bits per heavy atom. The second-order valence-corrected chi connectivity index (χ2v) is 11.8. The van der Waals surface area contributed by atoms with Crippen molar-refractivity contribution in [2.24, 2.45) is 5.84 Å². The first-order valence-electron chi connectivity index (χ1n) is 13.8. The van der Waals surface area contributed by atoms with E-state index in [2.05, 4.69) is 26.7 Å². The molecule has 0 aromatic heterocycles. The smallest absolute Gasteiger partial charge is 0.408 e. The Morgan fingerprint density at radius 3 is 2.00 bits per heavy atom. The van der Waals surface area contributed by atoms with E-state index in [1.165, 1.54) is 6.92 Å². The van der Waals surface area contributed by atoms with Crippen molar-refractivity contribution in [1.29, 1.82) is 0 Å². The number of benzene rings is 1. The van der Waals surface area contributed by atoms with Gasteiger partial charge in [0, 0.05) is 13.0 Å². The molecule has 41 heavy (non-hydrogen) atoms. The van der Waals surface area contributed by atoms with Crippen molar-refractivity contribution >= 4 is 24.0 Å². The van der Waals surface area contributed by atoms with Gasteiger partial charge in [-0.25, -0.2) is 15.0 Å². The van der Waals surface area contributed by atoms with Crippen molar-refractivity contribution in [2.45, 2.75) is 110 Å². The molecule has 0 aliphatic rings. The maximum Gasteiger partial charge on any atom is 0.408 e. The lowest BCUT2D eigenvalue weighted by Crippen LogP contribution is -2.58. The molecule has 0 saturated heterocycles. The van der Waals surface area contributed by atoms with E-state index >= 15 is 0 Å². The van der Waals surface area contributed by atoms with Gasteiger partial charge in [-0.05, 0) is 73.3 Å². The van der Waals surface area contributed by atoms with Gasteiger partial charge in [-0.1, -0.05) is 30.3 Å². The van der Waals surface area contributed by atoms with Crippen LogP contribution in [0.15, 0.2) is 30.3 Å². The number of ether oxygens (including phenoxy) is 2. The van der Waals surface area contributed by atoms with Gasteiger partial charge >= 0.3 is 12.2 Å². The van der Waals surface area contributed by atoms with Crippen molar-refractivity contribution < 1.29 is 33.8 Å². The van der Waals surface area contributed by atoms with Crippen LogP contribution in [0.3, 0.4) is 0 Å². The molecule has 0 heterocycles. The zero-order chi connectivity index (χ0) is 31.2. The maximum atomic E-state index is 13.4. The molecular formula is C28H48N6O7. The number of alkyl carbamates (subject to hydrolysis) is 2. The summed E-state index contributed by atoms with van der Waals surface area (Å²) in [6, 6.07) is 6.31. The Hall–Kier alpha value is -3.42. The first-order valence-corrected chi connectivity index (χ1v) is 13.8. The summed E-state index contributed by atoms with van der Waals surface area (Å²) in [4.78, 5) is 50.2. The Labute approximate surface area is 242 Å². The lowest BCUT2D eigenvalue weighted by atomic mass is 10.0. The summed E-state index contributed by atoms with van der Waals surface area (Å²) in [6.07, 6.45) is -0.971. The Bertz CT molecular complexity index is 978. The van der Waals surface area contributed by atoms with Gasteiger partial charge < -0.3 is 35.8 Å². The standard InChI is InChI=1S/C28H48N6O7/c1-18(31-26(39)41-28(5,6)7)22(35)33-21(17-19-13-9-8-10-14-19)23(36)32-20(24(37)34-29)15-11-12-16-30-25(38)40-27(2,3)4/h8-10,13-14,18,20-21,24,34,37H,11-12,15-17,29H2,1-7H3,(H,30,38)(H,31,39)(H,32,36)(H,33,35)/t18-,20-,21-,24?/m0/s1. The number of rotatable bonds is 14. The van der Waals surface area contributed by atoms with Gasteiger partial charge in [-0.3, -0.25) is 15.4 Å². The number of unbranched alkanes of at least 4 members (excludes halogenated alkanes) is 1. The number of aliphatic hydroxyl groups is 1. The summed E-state index contributed by atoms with van der Waals surface area (Å²) in [7, 11) is 0. The van der Waals surface area contributed by atoms with Crippen molar-refractivity contribution in [3.63, 3.8) is 0 Å². The number of hydrogen-bond donors (Lipinski definition) is 7. The largest absolute Gasteiger partial charge is 0.444 e. The molecule has 0 aliphatic carbocycles. The van der Waals surface area contributed by atoms with Crippen LogP contribution < -0.4 is 32.5 Å². The van der Waals surface area contributed by atoms with Gasteiger partial charge in [0.2, 0.25) is 11.8 Å². The molecule has 232 valence electrons. The van der Waals surface area contributed by atoms with Crippen LogP contribution in [0.25, 0.3) is 0 Å². The molecule has 0 bridgehead atoms. The van der Waals surface area contributed by atoms with E-state index < -0.39 is 59.6 Å². The van der Waals surface area contributed by atoms with Gasteiger partial charge in [0.1, 0.15) is 29.5 Å². The van der Waals surface area contributed by atoms with Gasteiger partial charge in [0.05, 0.1) is 6.04 Å². The van der Waals surface area contributed by atoms with Crippen LogP contribution in [-0.4, -0.2) is 71.2 Å². The molecule has 1 unspecified atom stereocenters. The minimum atomic E-state index is -1.27. The molecule has 1 aromatic rings. The zero-order valence-corrected chi connectivity index (χ0v) is 25.2. The van der Waals surface area contributed by atoms with E-state index in [-0.39, 0.29) is 6.42 Å². The highest BCUT2D eigenvalue weighted by molar-refractivity contribution is 5.91. The van der Waals surface area contributed by atoms with Crippen molar-refractivity contribution in [3.05, 3.63) is 35.9 Å². The molecule has 0 saturated carbocycles. The summed E-state index contributed by atoms with van der Waals surface area (Å²) >= 11 is 0. The van der Waals surface area contributed by atoms with Crippen LogP contribution in [0.4, 0.5) is 9.59 Å². The monoisotopic (exact) mass is 580 g/mol. The predicted octanol–water partition coefficient (Wildman–Crippen LogP) is 1.59. The van der Waals surface area contributed by atoms with Crippen LogP contribution in [0.1, 0.15) is 73.3 Å². The van der Waals surface area contributed by atoms with E-state index in [0.717, 1.165) is 5.56 Å². The van der Waals surface area contributed by atoms with Gasteiger partial charge in [-0.15, -0.1) is 0 Å². The topological polar surface area (TPSA) is 193 Å². The Morgan fingerprint density at radius 2 is 1.44 bits per heavy atom. The number of nitrogens with one attached hydrogen (secondary N) is 5. The summed E-state index contributed by atoms with van der Waals surface area (Å²) in [5, 5.41) is 21.0. The van der Waals surface area contributed by atoms with E-state index in [1.54, 1.807) is 41.5 Å². The molecule has 13 heteroatoms. The van der Waals surface area contributed by atoms with E-state index in [1.807, 2.05) is 30.3 Å². The van der Waals surface area contributed by atoms with Crippen LogP contribution in [0, 0.1) is 0 Å². The van der Waals surface area contributed by atoms with Gasteiger partial charge in [0.15, 0.2) is 0 Å². The SMILES string of the molecule is C[C@H](NC(=O)OC(C)(C)C)C(=O)N[C@@H](Cc1ccccc1)C(=O)N[C@@H](CCCCNC(=O)OC(C)(C)C)C(O)NN. The normalized spacial score (nSPS) is 14.6. The first-order chi connectivity index (χ1) is 19.0. The minimum absolute atomic E-state index is 0.163. The number of nitrogens with two attached hydrogens (primary N) is 1. The van der Waals surface area contributed by atoms with Crippen LogP contribution in [0.2, 0.25) is 0 Å².